The zero-order chi connectivity index (χ0) is 14.8. The normalized spacial score (nSPS) is 13.0. The van der Waals surface area contributed by atoms with Crippen molar-refractivity contribution in [2.24, 2.45) is 0 Å². The number of carbonyl (C=O) groups is 1. The monoisotopic (exact) mass is 286 g/mol. The second-order valence-corrected chi connectivity index (χ2v) is 4.78. The Balaban J connectivity index is 1.66. The van der Waals surface area contributed by atoms with Crippen LogP contribution in [0.4, 0.5) is 10.6 Å². The zero-order valence-electron chi connectivity index (χ0n) is 11.2. The van der Waals surface area contributed by atoms with Crippen LogP contribution < -0.4 is 11.4 Å². The second-order valence-electron chi connectivity index (χ2n) is 4.78. The molecule has 3 N–H and O–H groups in total. The van der Waals surface area contributed by atoms with Crippen molar-refractivity contribution >= 4 is 11.9 Å². The van der Waals surface area contributed by atoms with Crippen molar-refractivity contribution in [3.05, 3.63) is 57.6 Å². The number of carbonyl (C=O) groups excluding carboxylic acids is 1. The maximum Gasteiger partial charge on any atom is 0.410 e. The molecule has 0 fully saturated rings. The van der Waals surface area contributed by atoms with Gasteiger partial charge in [0.1, 0.15) is 12.4 Å². The predicted octanol–water partition coefficient (Wildman–Crippen LogP) is 1.00. The number of benzene rings is 1. The fourth-order valence-electron chi connectivity index (χ4n) is 2.25. The molecule has 1 aromatic heterocycles. The summed E-state index contributed by atoms with van der Waals surface area (Å²) in [5, 5.41) is 0. The largest absolute Gasteiger partial charge is 0.445 e. The van der Waals surface area contributed by atoms with Gasteiger partial charge in [0.05, 0.1) is 13.1 Å². The molecule has 2 heterocycles. The Bertz CT molecular complexity index is 727. The van der Waals surface area contributed by atoms with E-state index in [1.165, 1.54) is 4.90 Å². The molecule has 0 saturated carbocycles. The molecule has 2 aromatic rings. The van der Waals surface area contributed by atoms with E-state index in [9.17, 15) is 9.59 Å². The van der Waals surface area contributed by atoms with Gasteiger partial charge in [-0.2, -0.15) is 4.98 Å². The molecule has 0 saturated heterocycles. The molecule has 0 radical (unpaired) electrons. The molecule has 7 heteroatoms. The maximum absolute atomic E-state index is 12.0. The van der Waals surface area contributed by atoms with Crippen LogP contribution in [0, 0.1) is 0 Å². The number of H-pyrrole nitrogens is 1. The Morgan fingerprint density at radius 2 is 2.10 bits per heavy atom. The average Bonchev–Trinajstić information content (AvgIpc) is 2.90. The molecule has 1 aliphatic heterocycles. The third kappa shape index (κ3) is 2.71. The summed E-state index contributed by atoms with van der Waals surface area (Å²) < 4.78 is 5.25. The maximum atomic E-state index is 12.0. The highest BCUT2D eigenvalue weighted by atomic mass is 16.6. The number of nitrogen functional groups attached to an aromatic ring is 1. The molecule has 1 amide bonds. The van der Waals surface area contributed by atoms with Crippen LogP contribution in [0.2, 0.25) is 0 Å². The Kier molecular flexibility index (Phi) is 3.31. The van der Waals surface area contributed by atoms with Crippen molar-refractivity contribution in [3.8, 4) is 0 Å². The molecule has 21 heavy (non-hydrogen) atoms. The molecule has 0 spiro atoms. The molecule has 1 aliphatic rings. The molecule has 1 aromatic carbocycles. The lowest BCUT2D eigenvalue weighted by atomic mass is 10.2. The second kappa shape index (κ2) is 5.28. The molecule has 0 bridgehead atoms. The lowest BCUT2D eigenvalue weighted by molar-refractivity contribution is 0.0953. The number of amides is 1. The predicted molar refractivity (Wildman–Crippen MR) is 75.1 cm³/mol. The van der Waals surface area contributed by atoms with E-state index < -0.39 is 11.8 Å². The number of nitrogens with zero attached hydrogens (tertiary/aromatic N) is 2. The van der Waals surface area contributed by atoms with Crippen LogP contribution in [0.1, 0.15) is 16.8 Å². The number of aromatic amines is 1. The van der Waals surface area contributed by atoms with E-state index in [1.807, 2.05) is 30.3 Å². The molecule has 0 unspecified atom stereocenters. The van der Waals surface area contributed by atoms with Gasteiger partial charge in [0, 0.05) is 11.3 Å². The third-order valence-corrected chi connectivity index (χ3v) is 3.31. The molecule has 7 nitrogen and oxygen atoms in total. The summed E-state index contributed by atoms with van der Waals surface area (Å²) in [6.45, 7) is 0.764. The number of hydrogen-bond donors (Lipinski definition) is 2. The Morgan fingerprint density at radius 1 is 1.33 bits per heavy atom. The van der Waals surface area contributed by atoms with Crippen LogP contribution in [-0.4, -0.2) is 21.0 Å². The topological polar surface area (TPSA) is 101 Å². The van der Waals surface area contributed by atoms with Crippen LogP contribution in [0.25, 0.3) is 0 Å². The smallest absolute Gasteiger partial charge is 0.410 e. The summed E-state index contributed by atoms with van der Waals surface area (Å²) in [6.07, 6.45) is -0.449. The Hall–Kier alpha value is -2.83. The minimum atomic E-state index is -0.509. The number of nitrogens with two attached hydrogens (primary N) is 1. The zero-order valence-corrected chi connectivity index (χ0v) is 11.2. The molecule has 0 aliphatic carbocycles. The molecule has 108 valence electrons. The van der Waals surface area contributed by atoms with Crippen LogP contribution in [-0.2, 0) is 24.4 Å². The van der Waals surface area contributed by atoms with Gasteiger partial charge in [-0.3, -0.25) is 4.90 Å². The fourth-order valence-corrected chi connectivity index (χ4v) is 2.25. The fraction of sp³-hybridized carbons (Fsp3) is 0.214. The standard InChI is InChI=1S/C14H14N4O3/c15-12-10-6-18(7-11(10)16-13(19)17-12)14(20)21-8-9-4-2-1-3-5-9/h1-5H,6-8H2,(H3,15,16,17,19). The van der Waals surface area contributed by atoms with Gasteiger partial charge in [0.15, 0.2) is 0 Å². The minimum Gasteiger partial charge on any atom is -0.445 e. The quantitative estimate of drug-likeness (QED) is 0.857. The van der Waals surface area contributed by atoms with E-state index in [4.69, 9.17) is 10.5 Å². The first kappa shape index (κ1) is 13.2. The van der Waals surface area contributed by atoms with Crippen molar-refractivity contribution in [2.75, 3.05) is 5.73 Å². The first-order valence-electron chi connectivity index (χ1n) is 6.46. The number of rotatable bonds is 2. The van der Waals surface area contributed by atoms with Gasteiger partial charge in [-0.15, -0.1) is 0 Å². The first-order valence-corrected chi connectivity index (χ1v) is 6.46. The highest BCUT2D eigenvalue weighted by Gasteiger charge is 2.27. The minimum absolute atomic E-state index is 0.159. The van der Waals surface area contributed by atoms with Gasteiger partial charge in [0.25, 0.3) is 0 Å². The van der Waals surface area contributed by atoms with E-state index in [0.29, 0.717) is 17.8 Å². The summed E-state index contributed by atoms with van der Waals surface area (Å²) >= 11 is 0. The molecule has 3 rings (SSSR count). The number of anilines is 1. The number of ether oxygens (including phenoxy) is 1. The molecular weight excluding hydrogens is 272 g/mol. The van der Waals surface area contributed by atoms with Crippen LogP contribution in [0.5, 0.6) is 0 Å². The molecule has 0 atom stereocenters. The average molecular weight is 286 g/mol. The summed E-state index contributed by atoms with van der Waals surface area (Å²) in [4.78, 5) is 31.0. The Labute approximate surface area is 120 Å². The summed E-state index contributed by atoms with van der Waals surface area (Å²) in [5.74, 6) is 0.159. The number of fused-ring (bicyclic) bond motifs is 1. The van der Waals surface area contributed by atoms with E-state index >= 15 is 0 Å². The summed E-state index contributed by atoms with van der Waals surface area (Å²) in [5.41, 5.74) is 7.38. The lowest BCUT2D eigenvalue weighted by Gasteiger charge is -2.15. The third-order valence-electron chi connectivity index (χ3n) is 3.31. The van der Waals surface area contributed by atoms with Gasteiger partial charge in [0.2, 0.25) is 0 Å². The van der Waals surface area contributed by atoms with E-state index in [2.05, 4.69) is 9.97 Å². The summed E-state index contributed by atoms with van der Waals surface area (Å²) in [6, 6.07) is 9.42. The van der Waals surface area contributed by atoms with Crippen molar-refractivity contribution in [1.29, 1.82) is 0 Å². The van der Waals surface area contributed by atoms with Gasteiger partial charge in [-0.25, -0.2) is 9.59 Å². The van der Waals surface area contributed by atoms with E-state index in [1.54, 1.807) is 0 Å². The number of nitrogens with one attached hydrogen (secondary N) is 1. The number of hydrogen-bond acceptors (Lipinski definition) is 5. The van der Waals surface area contributed by atoms with Crippen LogP contribution in [0.3, 0.4) is 0 Å². The van der Waals surface area contributed by atoms with E-state index in [0.717, 1.165) is 5.56 Å². The molecular formula is C14H14N4O3. The van der Waals surface area contributed by atoms with Gasteiger partial charge < -0.3 is 15.5 Å². The highest BCUT2D eigenvalue weighted by Crippen LogP contribution is 2.23. The van der Waals surface area contributed by atoms with Gasteiger partial charge >= 0.3 is 11.8 Å². The van der Waals surface area contributed by atoms with Crippen molar-refractivity contribution in [2.45, 2.75) is 19.7 Å². The van der Waals surface area contributed by atoms with Crippen LogP contribution in [0.15, 0.2) is 35.1 Å². The Morgan fingerprint density at radius 3 is 2.86 bits per heavy atom. The number of aromatic nitrogens is 2. The van der Waals surface area contributed by atoms with Crippen molar-refractivity contribution in [1.82, 2.24) is 14.9 Å². The van der Waals surface area contributed by atoms with Gasteiger partial charge in [-0.05, 0) is 5.56 Å². The lowest BCUT2D eigenvalue weighted by Crippen LogP contribution is -2.26. The van der Waals surface area contributed by atoms with Crippen molar-refractivity contribution in [3.63, 3.8) is 0 Å². The highest BCUT2D eigenvalue weighted by molar-refractivity contribution is 5.69. The van der Waals surface area contributed by atoms with Crippen molar-refractivity contribution < 1.29 is 9.53 Å². The summed E-state index contributed by atoms with van der Waals surface area (Å²) in [7, 11) is 0. The SMILES string of the molecule is Nc1nc(=O)[nH]c2c1CN(C(=O)OCc1ccccc1)C2. The van der Waals surface area contributed by atoms with E-state index in [-0.39, 0.29) is 19.0 Å². The van der Waals surface area contributed by atoms with Crippen LogP contribution >= 0.6 is 0 Å². The van der Waals surface area contributed by atoms with Gasteiger partial charge in [-0.1, -0.05) is 30.3 Å². The first-order chi connectivity index (χ1) is 10.1.